The number of carbonyl (C=O) groups excluding carboxylic acids is 1. The van der Waals surface area contributed by atoms with E-state index in [4.69, 9.17) is 21.1 Å². The predicted molar refractivity (Wildman–Crippen MR) is 108 cm³/mol. The normalized spacial score (nSPS) is 15.6. The second-order valence-electron chi connectivity index (χ2n) is 6.83. The van der Waals surface area contributed by atoms with Crippen molar-refractivity contribution in [1.82, 2.24) is 9.62 Å². The summed E-state index contributed by atoms with van der Waals surface area (Å²) in [6, 6.07) is 4.18. The van der Waals surface area contributed by atoms with E-state index in [0.717, 1.165) is 32.1 Å². The first-order valence-corrected chi connectivity index (χ1v) is 11.3. The molecule has 0 aromatic heterocycles. The van der Waals surface area contributed by atoms with Gasteiger partial charge in [0.05, 0.1) is 23.6 Å². The summed E-state index contributed by atoms with van der Waals surface area (Å²) < 4.78 is 38.0. The fraction of sp³-hybridized carbons (Fsp3) is 0.632. The molecule has 0 heterocycles. The molecule has 1 amide bonds. The van der Waals surface area contributed by atoms with Crippen LogP contribution in [-0.4, -0.2) is 58.6 Å². The summed E-state index contributed by atoms with van der Waals surface area (Å²) in [5, 5.41) is 2.99. The highest BCUT2D eigenvalue weighted by atomic mass is 35.5. The summed E-state index contributed by atoms with van der Waals surface area (Å²) >= 11 is 6.13. The summed E-state index contributed by atoms with van der Waals surface area (Å²) in [5.41, 5.74) is 0. The lowest BCUT2D eigenvalue weighted by Gasteiger charge is -2.33. The molecule has 1 aliphatic rings. The van der Waals surface area contributed by atoms with Gasteiger partial charge in [0.15, 0.2) is 0 Å². The van der Waals surface area contributed by atoms with Gasteiger partial charge in [0.1, 0.15) is 5.75 Å². The molecule has 0 radical (unpaired) electrons. The number of hydrogen-bond acceptors (Lipinski definition) is 5. The van der Waals surface area contributed by atoms with E-state index in [-0.39, 0.29) is 28.4 Å². The molecule has 0 aliphatic heterocycles. The maximum atomic E-state index is 13.3. The smallest absolute Gasteiger partial charge is 0.243 e. The van der Waals surface area contributed by atoms with Gasteiger partial charge >= 0.3 is 0 Å². The monoisotopic (exact) mass is 432 g/mol. The number of halogens is 1. The number of hydrogen-bond donors (Lipinski definition) is 1. The second-order valence-corrected chi connectivity index (χ2v) is 9.13. The molecule has 7 nitrogen and oxygen atoms in total. The van der Waals surface area contributed by atoms with Gasteiger partial charge in [-0.15, -0.1) is 0 Å². The zero-order valence-electron chi connectivity index (χ0n) is 16.4. The SMILES string of the molecule is COCCCNC(=O)CN(C1CCCCC1)S(=O)(=O)c1ccc(OC)c(Cl)c1. The van der Waals surface area contributed by atoms with Gasteiger partial charge in [-0.2, -0.15) is 4.31 Å². The molecule has 1 aromatic carbocycles. The Morgan fingerprint density at radius 3 is 2.57 bits per heavy atom. The van der Waals surface area contributed by atoms with Crippen LogP contribution in [0.3, 0.4) is 0 Å². The summed E-state index contributed by atoms with van der Waals surface area (Å²) in [5.74, 6) is 0.0885. The highest BCUT2D eigenvalue weighted by Gasteiger charge is 2.34. The number of nitrogens with one attached hydrogen (secondary N) is 1. The van der Waals surface area contributed by atoms with Crippen LogP contribution in [0.15, 0.2) is 23.1 Å². The van der Waals surface area contributed by atoms with Gasteiger partial charge in [-0.3, -0.25) is 4.79 Å². The van der Waals surface area contributed by atoms with Gasteiger partial charge in [0.25, 0.3) is 0 Å². The van der Waals surface area contributed by atoms with Crippen LogP contribution in [0.2, 0.25) is 5.02 Å². The lowest BCUT2D eigenvalue weighted by molar-refractivity contribution is -0.121. The zero-order chi connectivity index (χ0) is 20.6. The van der Waals surface area contributed by atoms with Crippen LogP contribution in [-0.2, 0) is 19.6 Å². The van der Waals surface area contributed by atoms with Gasteiger partial charge in [-0.1, -0.05) is 30.9 Å². The topological polar surface area (TPSA) is 84.9 Å². The summed E-state index contributed by atoms with van der Waals surface area (Å²) in [6.07, 6.45) is 5.17. The molecule has 158 valence electrons. The number of amides is 1. The average molecular weight is 433 g/mol. The van der Waals surface area contributed by atoms with Crippen LogP contribution in [0, 0.1) is 0 Å². The average Bonchev–Trinajstić information content (AvgIpc) is 2.70. The Hall–Kier alpha value is -1.35. The maximum absolute atomic E-state index is 13.3. The Bertz CT molecular complexity index is 751. The van der Waals surface area contributed by atoms with Crippen molar-refractivity contribution in [2.75, 3.05) is 33.9 Å². The van der Waals surface area contributed by atoms with E-state index < -0.39 is 10.0 Å². The number of sulfonamides is 1. The van der Waals surface area contributed by atoms with Crippen LogP contribution in [0.4, 0.5) is 0 Å². The maximum Gasteiger partial charge on any atom is 0.243 e. The molecule has 1 saturated carbocycles. The Kier molecular flexibility index (Phi) is 9.01. The number of carbonyl (C=O) groups is 1. The van der Waals surface area contributed by atoms with Crippen LogP contribution >= 0.6 is 11.6 Å². The third kappa shape index (κ3) is 6.07. The summed E-state index contributed by atoms with van der Waals surface area (Å²) in [6.45, 7) is 0.776. The van der Waals surface area contributed by atoms with E-state index in [1.165, 1.54) is 29.6 Å². The van der Waals surface area contributed by atoms with Crippen molar-refractivity contribution in [1.29, 1.82) is 0 Å². The van der Waals surface area contributed by atoms with Crippen molar-refractivity contribution < 1.29 is 22.7 Å². The largest absolute Gasteiger partial charge is 0.495 e. The molecule has 0 unspecified atom stereocenters. The van der Waals surface area contributed by atoms with Gasteiger partial charge in [-0.25, -0.2) is 8.42 Å². The zero-order valence-corrected chi connectivity index (χ0v) is 18.0. The Morgan fingerprint density at radius 1 is 1.25 bits per heavy atom. The van der Waals surface area contributed by atoms with Crippen molar-refractivity contribution in [2.45, 2.75) is 49.5 Å². The van der Waals surface area contributed by atoms with Crippen molar-refractivity contribution in [3.63, 3.8) is 0 Å². The highest BCUT2D eigenvalue weighted by Crippen LogP contribution is 2.31. The van der Waals surface area contributed by atoms with Gasteiger partial charge < -0.3 is 14.8 Å². The minimum absolute atomic E-state index is 0.0658. The van der Waals surface area contributed by atoms with E-state index in [2.05, 4.69) is 5.32 Å². The minimum atomic E-state index is -3.87. The van der Waals surface area contributed by atoms with Crippen molar-refractivity contribution in [3.05, 3.63) is 23.2 Å². The molecule has 2 rings (SSSR count). The molecule has 28 heavy (non-hydrogen) atoms. The summed E-state index contributed by atoms with van der Waals surface area (Å²) in [4.78, 5) is 12.5. The number of benzene rings is 1. The second kappa shape index (κ2) is 11.0. The molecule has 0 atom stereocenters. The van der Waals surface area contributed by atoms with Crippen LogP contribution < -0.4 is 10.1 Å². The predicted octanol–water partition coefficient (Wildman–Crippen LogP) is 2.82. The first-order valence-electron chi connectivity index (χ1n) is 9.51. The molecule has 1 aromatic rings. The molecular formula is C19H29ClN2O5S. The number of ether oxygens (including phenoxy) is 2. The van der Waals surface area contributed by atoms with Crippen LogP contribution in [0.25, 0.3) is 0 Å². The first kappa shape index (κ1) is 22.9. The molecular weight excluding hydrogens is 404 g/mol. The number of methoxy groups -OCH3 is 2. The van der Waals surface area contributed by atoms with Crippen LogP contribution in [0.1, 0.15) is 38.5 Å². The molecule has 9 heteroatoms. The van der Waals surface area contributed by atoms with Crippen LogP contribution in [0.5, 0.6) is 5.75 Å². The van der Waals surface area contributed by atoms with Crippen molar-refractivity contribution in [2.24, 2.45) is 0 Å². The Labute approximate surface area is 172 Å². The Balaban J connectivity index is 2.21. The van der Waals surface area contributed by atoms with Gasteiger partial charge in [0.2, 0.25) is 15.9 Å². The van der Waals surface area contributed by atoms with E-state index in [1.807, 2.05) is 0 Å². The van der Waals surface area contributed by atoms with E-state index in [1.54, 1.807) is 7.11 Å². The fourth-order valence-electron chi connectivity index (χ4n) is 3.36. The van der Waals surface area contributed by atoms with E-state index in [0.29, 0.717) is 25.3 Å². The number of nitrogens with zero attached hydrogens (tertiary/aromatic N) is 1. The Morgan fingerprint density at radius 2 is 1.96 bits per heavy atom. The quantitative estimate of drug-likeness (QED) is 0.574. The number of rotatable bonds is 10. The molecule has 0 bridgehead atoms. The third-order valence-electron chi connectivity index (χ3n) is 4.86. The van der Waals surface area contributed by atoms with Gasteiger partial charge in [-0.05, 0) is 37.5 Å². The standard InChI is InChI=1S/C19H29ClN2O5S/c1-26-12-6-11-21-19(23)14-22(15-7-4-3-5-8-15)28(24,25)16-9-10-18(27-2)17(20)13-16/h9-10,13,15H,3-8,11-12,14H2,1-2H3,(H,21,23). The van der Waals surface area contributed by atoms with Crippen molar-refractivity contribution >= 4 is 27.5 Å². The minimum Gasteiger partial charge on any atom is -0.495 e. The van der Waals surface area contributed by atoms with Crippen molar-refractivity contribution in [3.8, 4) is 5.75 Å². The molecule has 1 fully saturated rings. The molecule has 1 N–H and O–H groups in total. The highest BCUT2D eigenvalue weighted by molar-refractivity contribution is 7.89. The lowest BCUT2D eigenvalue weighted by atomic mass is 9.95. The lowest BCUT2D eigenvalue weighted by Crippen LogP contribution is -2.47. The molecule has 0 saturated heterocycles. The summed E-state index contributed by atoms with van der Waals surface area (Å²) in [7, 11) is -0.804. The van der Waals surface area contributed by atoms with Gasteiger partial charge in [0, 0.05) is 26.3 Å². The third-order valence-corrected chi connectivity index (χ3v) is 7.05. The van der Waals surface area contributed by atoms with E-state index in [9.17, 15) is 13.2 Å². The molecule has 1 aliphatic carbocycles. The van der Waals surface area contributed by atoms with E-state index >= 15 is 0 Å². The first-order chi connectivity index (χ1) is 13.4. The molecule has 0 spiro atoms. The fourth-order valence-corrected chi connectivity index (χ4v) is 5.35.